The molecule has 1 heterocycles. The summed E-state index contributed by atoms with van der Waals surface area (Å²) in [6, 6.07) is 12.3. The van der Waals surface area contributed by atoms with Crippen molar-refractivity contribution in [2.45, 2.75) is 12.5 Å². The van der Waals surface area contributed by atoms with Crippen molar-refractivity contribution in [3.05, 3.63) is 66.0 Å². The van der Waals surface area contributed by atoms with Crippen LogP contribution in [0.25, 0.3) is 0 Å². The molecule has 0 aliphatic carbocycles. The van der Waals surface area contributed by atoms with Crippen LogP contribution in [0.4, 0.5) is 0 Å². The lowest BCUT2D eigenvalue weighted by atomic mass is 10.1. The zero-order chi connectivity index (χ0) is 15.1. The highest BCUT2D eigenvalue weighted by molar-refractivity contribution is 5.81. The molecule has 0 N–H and O–H groups in total. The molecule has 108 valence electrons. The van der Waals surface area contributed by atoms with Crippen LogP contribution in [0.2, 0.25) is 0 Å². The highest BCUT2D eigenvalue weighted by atomic mass is 16.6. The number of rotatable bonds is 5. The third-order valence-corrected chi connectivity index (χ3v) is 2.84. The molecule has 0 spiro atoms. The van der Waals surface area contributed by atoms with Crippen molar-refractivity contribution in [1.29, 1.82) is 0 Å². The average Bonchev–Trinajstić information content (AvgIpc) is 2.53. The summed E-state index contributed by atoms with van der Waals surface area (Å²) in [6.07, 6.45) is 2.20. The Balaban J connectivity index is 2.09. The first-order valence-electron chi connectivity index (χ1n) is 6.42. The first kappa shape index (κ1) is 14.7. The van der Waals surface area contributed by atoms with Crippen LogP contribution in [0, 0.1) is 0 Å². The van der Waals surface area contributed by atoms with Crippen molar-refractivity contribution in [3.8, 4) is 0 Å². The van der Waals surface area contributed by atoms with Gasteiger partial charge in [-0.15, -0.1) is 0 Å². The topological polar surface area (TPSA) is 65.5 Å². The SMILES string of the molecule is COC(=O)C(OC(=O)Cc1cccnc1)c1ccccc1. The van der Waals surface area contributed by atoms with E-state index in [1.807, 2.05) is 6.07 Å². The van der Waals surface area contributed by atoms with E-state index in [2.05, 4.69) is 9.72 Å². The van der Waals surface area contributed by atoms with E-state index in [0.29, 0.717) is 5.56 Å². The molecule has 5 heteroatoms. The minimum absolute atomic E-state index is 0.0498. The molecule has 0 aliphatic rings. The number of carbonyl (C=O) groups excluding carboxylic acids is 2. The lowest BCUT2D eigenvalue weighted by Gasteiger charge is -2.16. The second-order valence-electron chi connectivity index (χ2n) is 4.34. The summed E-state index contributed by atoms with van der Waals surface area (Å²) < 4.78 is 9.94. The Morgan fingerprint density at radius 3 is 2.52 bits per heavy atom. The molecule has 1 unspecified atom stereocenters. The summed E-state index contributed by atoms with van der Waals surface area (Å²) in [5.41, 5.74) is 1.29. The first-order valence-corrected chi connectivity index (χ1v) is 6.42. The Labute approximate surface area is 122 Å². The van der Waals surface area contributed by atoms with Gasteiger partial charge in [0.15, 0.2) is 0 Å². The van der Waals surface area contributed by atoms with E-state index in [0.717, 1.165) is 5.56 Å². The molecule has 0 bridgehead atoms. The van der Waals surface area contributed by atoms with Gasteiger partial charge in [0, 0.05) is 18.0 Å². The molecule has 0 amide bonds. The number of esters is 2. The minimum Gasteiger partial charge on any atom is -0.466 e. The maximum Gasteiger partial charge on any atom is 0.351 e. The maximum atomic E-state index is 12.0. The van der Waals surface area contributed by atoms with Gasteiger partial charge in [-0.3, -0.25) is 9.78 Å². The monoisotopic (exact) mass is 285 g/mol. The second-order valence-corrected chi connectivity index (χ2v) is 4.34. The van der Waals surface area contributed by atoms with Crippen LogP contribution >= 0.6 is 0 Å². The predicted molar refractivity (Wildman–Crippen MR) is 75.2 cm³/mol. The molecule has 0 saturated carbocycles. The van der Waals surface area contributed by atoms with E-state index >= 15 is 0 Å². The number of nitrogens with zero attached hydrogens (tertiary/aromatic N) is 1. The average molecular weight is 285 g/mol. The van der Waals surface area contributed by atoms with Gasteiger partial charge in [-0.1, -0.05) is 36.4 Å². The molecule has 0 aliphatic heterocycles. The molecule has 0 fully saturated rings. The van der Waals surface area contributed by atoms with Crippen molar-refractivity contribution in [2.24, 2.45) is 0 Å². The molecule has 1 aromatic carbocycles. The molecule has 0 radical (unpaired) electrons. The first-order chi connectivity index (χ1) is 10.2. The quantitative estimate of drug-likeness (QED) is 0.787. The number of aromatic nitrogens is 1. The molecule has 5 nitrogen and oxygen atoms in total. The van der Waals surface area contributed by atoms with E-state index in [1.54, 1.807) is 48.8 Å². The Kier molecular flexibility index (Phi) is 5.04. The van der Waals surface area contributed by atoms with Crippen LogP contribution in [0.15, 0.2) is 54.9 Å². The van der Waals surface area contributed by atoms with E-state index in [9.17, 15) is 9.59 Å². The number of hydrogen-bond donors (Lipinski definition) is 0. The minimum atomic E-state index is -1.06. The highest BCUT2D eigenvalue weighted by Crippen LogP contribution is 2.19. The van der Waals surface area contributed by atoms with Gasteiger partial charge >= 0.3 is 11.9 Å². The third-order valence-electron chi connectivity index (χ3n) is 2.84. The molecule has 1 aromatic heterocycles. The molecule has 2 aromatic rings. The molecular formula is C16H15NO4. The van der Waals surface area contributed by atoms with Crippen LogP contribution in [0.3, 0.4) is 0 Å². The number of ether oxygens (including phenoxy) is 2. The Morgan fingerprint density at radius 1 is 1.14 bits per heavy atom. The summed E-state index contributed by atoms with van der Waals surface area (Å²) >= 11 is 0. The highest BCUT2D eigenvalue weighted by Gasteiger charge is 2.25. The molecule has 2 rings (SSSR count). The molecular weight excluding hydrogens is 270 g/mol. The standard InChI is InChI=1S/C16H15NO4/c1-20-16(19)15(13-7-3-2-4-8-13)21-14(18)10-12-6-5-9-17-11-12/h2-9,11,15H,10H2,1H3. The van der Waals surface area contributed by atoms with Crippen LogP contribution in [-0.2, 0) is 25.5 Å². The van der Waals surface area contributed by atoms with Crippen molar-refractivity contribution < 1.29 is 19.1 Å². The smallest absolute Gasteiger partial charge is 0.351 e. The van der Waals surface area contributed by atoms with E-state index in [-0.39, 0.29) is 6.42 Å². The van der Waals surface area contributed by atoms with Gasteiger partial charge in [-0.2, -0.15) is 0 Å². The van der Waals surface area contributed by atoms with E-state index in [1.165, 1.54) is 7.11 Å². The van der Waals surface area contributed by atoms with E-state index in [4.69, 9.17) is 4.74 Å². The predicted octanol–water partition coefficient (Wildman–Crippen LogP) is 2.08. The lowest BCUT2D eigenvalue weighted by Crippen LogP contribution is -2.22. The van der Waals surface area contributed by atoms with Gasteiger partial charge in [0.2, 0.25) is 6.10 Å². The number of hydrogen-bond acceptors (Lipinski definition) is 5. The fourth-order valence-corrected chi connectivity index (χ4v) is 1.83. The molecule has 1 atom stereocenters. The summed E-state index contributed by atoms with van der Waals surface area (Å²) in [5, 5.41) is 0. The van der Waals surface area contributed by atoms with Gasteiger partial charge in [0.05, 0.1) is 13.5 Å². The Hall–Kier alpha value is -2.69. The summed E-state index contributed by atoms with van der Waals surface area (Å²) in [4.78, 5) is 27.7. The number of benzene rings is 1. The second kappa shape index (κ2) is 7.19. The fourth-order valence-electron chi connectivity index (χ4n) is 1.83. The van der Waals surface area contributed by atoms with Gasteiger partial charge in [0.25, 0.3) is 0 Å². The van der Waals surface area contributed by atoms with Gasteiger partial charge in [-0.05, 0) is 11.6 Å². The number of pyridine rings is 1. The lowest BCUT2D eigenvalue weighted by molar-refractivity contribution is -0.166. The van der Waals surface area contributed by atoms with Gasteiger partial charge in [-0.25, -0.2) is 4.79 Å². The van der Waals surface area contributed by atoms with Crippen LogP contribution < -0.4 is 0 Å². The maximum absolute atomic E-state index is 12.0. The Morgan fingerprint density at radius 2 is 1.90 bits per heavy atom. The summed E-state index contributed by atoms with van der Waals surface area (Å²) in [7, 11) is 1.26. The zero-order valence-electron chi connectivity index (χ0n) is 11.6. The number of carbonyl (C=O) groups is 2. The Bertz CT molecular complexity index is 598. The fraction of sp³-hybridized carbons (Fsp3) is 0.188. The van der Waals surface area contributed by atoms with Gasteiger partial charge in [0.1, 0.15) is 0 Å². The van der Waals surface area contributed by atoms with Crippen LogP contribution in [0.1, 0.15) is 17.2 Å². The van der Waals surface area contributed by atoms with Crippen molar-refractivity contribution in [2.75, 3.05) is 7.11 Å². The van der Waals surface area contributed by atoms with E-state index < -0.39 is 18.0 Å². The van der Waals surface area contributed by atoms with Crippen molar-refractivity contribution >= 4 is 11.9 Å². The number of methoxy groups -OCH3 is 1. The van der Waals surface area contributed by atoms with Crippen molar-refractivity contribution in [3.63, 3.8) is 0 Å². The molecule has 0 saturated heterocycles. The van der Waals surface area contributed by atoms with Crippen LogP contribution in [-0.4, -0.2) is 24.0 Å². The largest absolute Gasteiger partial charge is 0.466 e. The summed E-state index contributed by atoms with van der Waals surface area (Å²) in [6.45, 7) is 0. The van der Waals surface area contributed by atoms with Crippen LogP contribution in [0.5, 0.6) is 0 Å². The third kappa shape index (κ3) is 4.14. The van der Waals surface area contributed by atoms with Gasteiger partial charge < -0.3 is 9.47 Å². The summed E-state index contributed by atoms with van der Waals surface area (Å²) in [5.74, 6) is -1.12. The zero-order valence-corrected chi connectivity index (χ0v) is 11.6. The van der Waals surface area contributed by atoms with Crippen molar-refractivity contribution in [1.82, 2.24) is 4.98 Å². The normalized spacial score (nSPS) is 11.5. The molecule has 21 heavy (non-hydrogen) atoms.